The number of rotatable bonds is 10. The topological polar surface area (TPSA) is 98.0 Å². The average molecular weight is 655 g/mol. The third kappa shape index (κ3) is 7.21. The summed E-state index contributed by atoms with van der Waals surface area (Å²) in [5.41, 5.74) is 1.73. The van der Waals surface area contributed by atoms with Crippen LogP contribution in [-0.4, -0.2) is 23.1 Å². The minimum absolute atomic E-state index is 0.0851. The third-order valence-corrected chi connectivity index (χ3v) is 7.36. The molecule has 1 unspecified atom stereocenters. The van der Waals surface area contributed by atoms with E-state index >= 15 is 0 Å². The maximum Gasteiger partial charge on any atom is 0.345 e. The van der Waals surface area contributed by atoms with E-state index in [9.17, 15) is 14.7 Å². The van der Waals surface area contributed by atoms with Gasteiger partial charge in [-0.05, 0) is 74.2 Å². The van der Waals surface area contributed by atoms with Gasteiger partial charge in [0.25, 0.3) is 11.9 Å². The van der Waals surface area contributed by atoms with Crippen molar-refractivity contribution in [3.8, 4) is 17.4 Å². The molecule has 5 aromatic rings. The fourth-order valence-corrected chi connectivity index (χ4v) is 5.25. The van der Waals surface area contributed by atoms with Crippen molar-refractivity contribution >= 4 is 61.8 Å². The first-order chi connectivity index (χ1) is 19.7. The van der Waals surface area contributed by atoms with Crippen LogP contribution in [0.15, 0.2) is 99.9 Å². The molecule has 0 saturated heterocycles. The van der Waals surface area contributed by atoms with Crippen molar-refractivity contribution in [2.75, 3.05) is 0 Å². The van der Waals surface area contributed by atoms with E-state index in [2.05, 4.69) is 21.2 Å². The molecule has 5 rings (SSSR count). The van der Waals surface area contributed by atoms with Crippen molar-refractivity contribution in [1.29, 1.82) is 0 Å². The van der Waals surface area contributed by atoms with Gasteiger partial charge in [0.2, 0.25) is 0 Å². The van der Waals surface area contributed by atoms with Crippen LogP contribution in [0.3, 0.4) is 0 Å². The summed E-state index contributed by atoms with van der Waals surface area (Å²) >= 11 is 15.6. The van der Waals surface area contributed by atoms with Crippen molar-refractivity contribution < 1.29 is 28.6 Å². The quantitative estimate of drug-likeness (QED) is 0.157. The van der Waals surface area contributed by atoms with Gasteiger partial charge < -0.3 is 24.3 Å². The van der Waals surface area contributed by atoms with Crippen LogP contribution >= 0.6 is 39.1 Å². The fourth-order valence-electron chi connectivity index (χ4n) is 4.15. The fraction of sp³-hybridized carbons (Fsp3) is 0.0968. The molecule has 0 aliphatic carbocycles. The summed E-state index contributed by atoms with van der Waals surface area (Å²) in [5, 5.41) is 15.1. The molecule has 41 heavy (non-hydrogen) atoms. The number of nitrogens with one attached hydrogen (secondary N) is 1. The molecule has 4 aromatic carbocycles. The molecule has 208 valence electrons. The molecule has 0 saturated carbocycles. The van der Waals surface area contributed by atoms with Gasteiger partial charge in [0.1, 0.15) is 11.5 Å². The number of ether oxygens (including phenoxy) is 2. The van der Waals surface area contributed by atoms with Crippen molar-refractivity contribution in [2.24, 2.45) is 0 Å². The number of carboxylic acid groups (broad SMARTS) is 1. The maximum atomic E-state index is 12.7. The van der Waals surface area contributed by atoms with Gasteiger partial charge in [-0.25, -0.2) is 4.79 Å². The Hall–Kier alpha value is -3.98. The van der Waals surface area contributed by atoms with E-state index in [-0.39, 0.29) is 24.7 Å². The predicted octanol–water partition coefficient (Wildman–Crippen LogP) is 8.30. The average Bonchev–Trinajstić information content (AvgIpc) is 3.41. The minimum atomic E-state index is -1.05. The van der Waals surface area contributed by atoms with Gasteiger partial charge >= 0.3 is 5.97 Å². The van der Waals surface area contributed by atoms with Crippen LogP contribution in [0.2, 0.25) is 10.0 Å². The maximum absolute atomic E-state index is 12.7. The van der Waals surface area contributed by atoms with E-state index in [0.29, 0.717) is 26.0 Å². The van der Waals surface area contributed by atoms with Gasteiger partial charge in [0, 0.05) is 29.1 Å². The Kier molecular flexibility index (Phi) is 8.83. The zero-order valence-corrected chi connectivity index (χ0v) is 24.4. The molecule has 0 radical (unpaired) electrons. The molecule has 10 heteroatoms. The van der Waals surface area contributed by atoms with Crippen LogP contribution in [0.4, 0.5) is 0 Å². The molecule has 1 heterocycles. The molecule has 0 fully saturated rings. The number of hydrogen-bond acceptors (Lipinski definition) is 5. The van der Waals surface area contributed by atoms with E-state index in [1.807, 2.05) is 54.6 Å². The van der Waals surface area contributed by atoms with Gasteiger partial charge in [-0.15, -0.1) is 0 Å². The number of carboxylic acids is 1. The Morgan fingerprint density at radius 1 is 0.902 bits per heavy atom. The summed E-state index contributed by atoms with van der Waals surface area (Å²) in [7, 11) is 0. The number of furan rings is 1. The Bertz CT molecular complexity index is 1700. The highest BCUT2D eigenvalue weighted by atomic mass is 79.9. The number of carbonyl (C=O) groups excluding carboxylic acids is 1. The number of fused-ring (bicyclic) bond motifs is 1. The lowest BCUT2D eigenvalue weighted by molar-refractivity contribution is -0.145. The highest BCUT2D eigenvalue weighted by Crippen LogP contribution is 2.35. The number of amides is 1. The number of halogens is 3. The first kappa shape index (κ1) is 28.5. The monoisotopic (exact) mass is 653 g/mol. The number of aliphatic carboxylic acids is 1. The standard InChI is InChI=1S/C31H22BrCl2NO6/c32-29-24-8-6-19(12-20(24)7-9-25(29)40-27(31(37)38)13-18-4-2-1-3-5-18)17-35-30(36)26-10-11-28(41-26)39-23-15-21(33)14-22(34)16-23/h1-12,14-16,27H,13,17H2,(H,35,36)(H,37,38). The molecular weight excluding hydrogens is 633 g/mol. The van der Waals surface area contributed by atoms with Gasteiger partial charge in [0.05, 0.1) is 4.47 Å². The minimum Gasteiger partial charge on any atom is -0.478 e. The Morgan fingerprint density at radius 2 is 1.66 bits per heavy atom. The second-order valence-electron chi connectivity index (χ2n) is 9.08. The summed E-state index contributed by atoms with van der Waals surface area (Å²) in [4.78, 5) is 24.5. The molecule has 0 spiro atoms. The molecule has 1 amide bonds. The summed E-state index contributed by atoms with van der Waals surface area (Å²) in [6, 6.07) is 26.4. The van der Waals surface area contributed by atoms with Gasteiger partial charge in [-0.2, -0.15) is 0 Å². The van der Waals surface area contributed by atoms with Crippen molar-refractivity contribution in [2.45, 2.75) is 19.1 Å². The zero-order chi connectivity index (χ0) is 28.9. The normalized spacial score (nSPS) is 11.7. The molecule has 0 bridgehead atoms. The second kappa shape index (κ2) is 12.7. The van der Waals surface area contributed by atoms with Crippen LogP contribution in [0.5, 0.6) is 17.4 Å². The van der Waals surface area contributed by atoms with Gasteiger partial charge in [-0.1, -0.05) is 71.7 Å². The van der Waals surface area contributed by atoms with Crippen LogP contribution in [0.25, 0.3) is 10.8 Å². The molecule has 2 N–H and O–H groups in total. The Morgan fingerprint density at radius 3 is 2.39 bits per heavy atom. The number of hydrogen-bond donors (Lipinski definition) is 2. The Balaban J connectivity index is 1.23. The highest BCUT2D eigenvalue weighted by Gasteiger charge is 2.22. The summed E-state index contributed by atoms with van der Waals surface area (Å²) in [6.45, 7) is 0.254. The molecule has 0 aliphatic heterocycles. The Labute approximate surface area is 253 Å². The first-order valence-corrected chi connectivity index (χ1v) is 14.0. The van der Waals surface area contributed by atoms with Crippen LogP contribution in [0.1, 0.15) is 21.7 Å². The molecule has 7 nitrogen and oxygen atoms in total. The molecule has 1 atom stereocenters. The molecular formula is C31H22BrCl2NO6. The number of carbonyl (C=O) groups is 2. The van der Waals surface area contributed by atoms with E-state index in [0.717, 1.165) is 21.9 Å². The van der Waals surface area contributed by atoms with Gasteiger partial charge in [-0.3, -0.25) is 4.79 Å². The first-order valence-electron chi connectivity index (χ1n) is 12.4. The van der Waals surface area contributed by atoms with Crippen LogP contribution < -0.4 is 14.8 Å². The summed E-state index contributed by atoms with van der Waals surface area (Å²) in [6.07, 6.45) is -0.811. The zero-order valence-electron chi connectivity index (χ0n) is 21.3. The van der Waals surface area contributed by atoms with E-state index in [4.69, 9.17) is 37.1 Å². The van der Waals surface area contributed by atoms with Crippen LogP contribution in [0, 0.1) is 0 Å². The SMILES string of the molecule is O=C(NCc1ccc2c(Br)c(OC(Cc3ccccc3)C(=O)O)ccc2c1)c1ccc(Oc2cc(Cl)cc(Cl)c2)o1. The predicted molar refractivity (Wildman–Crippen MR) is 160 cm³/mol. The number of benzene rings is 4. The summed E-state index contributed by atoms with van der Waals surface area (Å²) in [5.74, 6) is -0.437. The second-order valence-corrected chi connectivity index (χ2v) is 10.7. The van der Waals surface area contributed by atoms with Gasteiger partial charge in [0.15, 0.2) is 11.9 Å². The van der Waals surface area contributed by atoms with E-state index in [1.165, 1.54) is 12.1 Å². The van der Waals surface area contributed by atoms with E-state index < -0.39 is 18.0 Å². The lowest BCUT2D eigenvalue weighted by Crippen LogP contribution is -2.29. The molecule has 0 aliphatic rings. The lowest BCUT2D eigenvalue weighted by atomic mass is 10.1. The smallest absolute Gasteiger partial charge is 0.345 e. The van der Waals surface area contributed by atoms with Crippen LogP contribution in [-0.2, 0) is 17.8 Å². The van der Waals surface area contributed by atoms with Crippen molar-refractivity contribution in [3.05, 3.63) is 122 Å². The largest absolute Gasteiger partial charge is 0.478 e. The molecule has 1 aromatic heterocycles. The summed E-state index contributed by atoms with van der Waals surface area (Å²) < 4.78 is 17.7. The highest BCUT2D eigenvalue weighted by molar-refractivity contribution is 9.10. The van der Waals surface area contributed by atoms with E-state index in [1.54, 1.807) is 24.3 Å². The van der Waals surface area contributed by atoms with Crippen molar-refractivity contribution in [3.63, 3.8) is 0 Å². The third-order valence-electron chi connectivity index (χ3n) is 6.10. The van der Waals surface area contributed by atoms with Crippen molar-refractivity contribution in [1.82, 2.24) is 5.32 Å². The lowest BCUT2D eigenvalue weighted by Gasteiger charge is -2.17.